The minimum Gasteiger partial charge on any atom is -0.353 e. The molecule has 0 bridgehead atoms. The van der Waals surface area contributed by atoms with Gasteiger partial charge >= 0.3 is 0 Å². The molecule has 0 spiro atoms. The van der Waals surface area contributed by atoms with Gasteiger partial charge in [-0.15, -0.1) is 0 Å². The van der Waals surface area contributed by atoms with Gasteiger partial charge in [-0.1, -0.05) is 42.7 Å². The molecule has 1 saturated carbocycles. The summed E-state index contributed by atoms with van der Waals surface area (Å²) in [6.07, 6.45) is 6.71. The quantitative estimate of drug-likeness (QED) is 0.863. The van der Waals surface area contributed by atoms with Crippen LogP contribution in [0.25, 0.3) is 10.2 Å². The van der Waals surface area contributed by atoms with Crippen molar-refractivity contribution in [3.63, 3.8) is 0 Å². The van der Waals surface area contributed by atoms with E-state index in [0.29, 0.717) is 12.5 Å². The van der Waals surface area contributed by atoms with Crippen LogP contribution in [0.3, 0.4) is 0 Å². The number of nitrogens with one attached hydrogen (secondary N) is 1. The summed E-state index contributed by atoms with van der Waals surface area (Å²) in [4.78, 5) is 12.1. The van der Waals surface area contributed by atoms with Crippen LogP contribution < -0.4 is 9.88 Å². The first-order valence-corrected chi connectivity index (χ1v) is 8.73. The first-order chi connectivity index (χ1) is 10.2. The van der Waals surface area contributed by atoms with Crippen molar-refractivity contribution in [3.05, 3.63) is 29.3 Å². The molecule has 0 aliphatic heterocycles. The van der Waals surface area contributed by atoms with Gasteiger partial charge in [0, 0.05) is 19.0 Å². The molecule has 1 fully saturated rings. The first-order valence-electron chi connectivity index (χ1n) is 7.91. The second kappa shape index (κ2) is 6.56. The van der Waals surface area contributed by atoms with Gasteiger partial charge in [-0.25, -0.2) is 0 Å². The highest BCUT2D eigenvalue weighted by atomic mass is 32.1. The molecule has 0 radical (unpaired) electrons. The van der Waals surface area contributed by atoms with E-state index in [1.165, 1.54) is 34.5 Å². The average molecular weight is 303 g/mol. The molecule has 1 aliphatic carbocycles. The summed E-state index contributed by atoms with van der Waals surface area (Å²) in [5.74, 6) is 0.198. The van der Waals surface area contributed by atoms with Crippen LogP contribution in [-0.2, 0) is 11.3 Å². The summed E-state index contributed by atoms with van der Waals surface area (Å²) < 4.78 is 3.56. The van der Waals surface area contributed by atoms with Crippen molar-refractivity contribution >= 4 is 27.5 Å². The summed E-state index contributed by atoms with van der Waals surface area (Å²) in [6, 6.07) is 8.83. The molecule has 2 aromatic rings. The largest absolute Gasteiger partial charge is 0.353 e. The van der Waals surface area contributed by atoms with E-state index in [1.54, 1.807) is 11.3 Å². The molecule has 0 unspecified atom stereocenters. The molecule has 112 valence electrons. The highest BCUT2D eigenvalue weighted by Crippen LogP contribution is 2.20. The Bertz CT molecular complexity index is 629. The predicted molar refractivity (Wildman–Crippen MR) is 86.4 cm³/mol. The summed E-state index contributed by atoms with van der Waals surface area (Å²) in [5, 5.41) is 4.47. The number of aryl methyl sites for hydroxylation is 2. The summed E-state index contributed by atoms with van der Waals surface area (Å²) in [7, 11) is 0. The van der Waals surface area contributed by atoms with E-state index >= 15 is 0 Å². The van der Waals surface area contributed by atoms with Crippen LogP contribution in [0.4, 0.5) is 0 Å². The molecule has 0 atom stereocenters. The molecule has 3 nitrogen and oxygen atoms in total. The molecular weight excluding hydrogens is 280 g/mol. The monoisotopic (exact) mass is 303 g/mol. The zero-order chi connectivity index (χ0) is 14.7. The number of carbonyl (C=O) groups is 1. The maximum Gasteiger partial charge on any atom is 0.235 e. The number of fused-ring (bicyclic) bond motifs is 1. The Kier molecular flexibility index (Phi) is 4.54. The minimum absolute atomic E-state index is 0.198. The fraction of sp³-hybridized carbons (Fsp3) is 0.529. The maximum atomic E-state index is 12.1. The fourth-order valence-corrected chi connectivity index (χ4v) is 4.24. The lowest BCUT2D eigenvalue weighted by atomic mass is 9.95. The maximum absolute atomic E-state index is 12.1. The fourth-order valence-electron chi connectivity index (χ4n) is 3.19. The van der Waals surface area contributed by atoms with Crippen LogP contribution in [0.5, 0.6) is 0 Å². The Labute approximate surface area is 130 Å². The molecule has 1 amide bonds. The Balaban J connectivity index is 1.60. The van der Waals surface area contributed by atoms with Gasteiger partial charge in [-0.3, -0.25) is 4.79 Å². The molecular formula is C17H23N2OS+. The topological polar surface area (TPSA) is 33.0 Å². The smallest absolute Gasteiger partial charge is 0.235 e. The predicted octanol–water partition coefficient (Wildman–Crippen LogP) is 3.34. The van der Waals surface area contributed by atoms with Crippen LogP contribution in [0, 0.1) is 6.92 Å². The van der Waals surface area contributed by atoms with Crippen LogP contribution in [0.1, 0.15) is 43.5 Å². The number of nitrogens with zero attached hydrogens (tertiary/aromatic N) is 1. The van der Waals surface area contributed by atoms with Gasteiger partial charge in [-0.2, -0.15) is 4.57 Å². The van der Waals surface area contributed by atoms with Crippen LogP contribution in [0.2, 0.25) is 0 Å². The molecule has 1 aliphatic rings. The zero-order valence-electron chi connectivity index (χ0n) is 12.6. The third-order valence-corrected chi connectivity index (χ3v) is 5.41. The van der Waals surface area contributed by atoms with Crippen LogP contribution in [-0.4, -0.2) is 11.9 Å². The van der Waals surface area contributed by atoms with E-state index in [2.05, 4.69) is 41.1 Å². The van der Waals surface area contributed by atoms with Gasteiger partial charge in [0.1, 0.15) is 4.70 Å². The van der Waals surface area contributed by atoms with E-state index in [1.807, 2.05) is 0 Å². The van der Waals surface area contributed by atoms with E-state index in [-0.39, 0.29) is 5.91 Å². The van der Waals surface area contributed by atoms with Crippen molar-refractivity contribution in [2.75, 3.05) is 0 Å². The Morgan fingerprint density at radius 1 is 1.29 bits per heavy atom. The van der Waals surface area contributed by atoms with Gasteiger partial charge in [-0.05, 0) is 18.9 Å². The Hall–Kier alpha value is -1.42. The molecule has 1 heterocycles. The molecule has 0 saturated heterocycles. The Morgan fingerprint density at radius 2 is 2.05 bits per heavy atom. The highest BCUT2D eigenvalue weighted by Gasteiger charge is 2.20. The molecule has 21 heavy (non-hydrogen) atoms. The normalized spacial score (nSPS) is 16.2. The lowest BCUT2D eigenvalue weighted by molar-refractivity contribution is -0.671. The van der Waals surface area contributed by atoms with Gasteiger partial charge in [0.15, 0.2) is 6.54 Å². The summed E-state index contributed by atoms with van der Waals surface area (Å²) in [6.45, 7) is 2.90. The minimum atomic E-state index is 0.198. The van der Waals surface area contributed by atoms with Gasteiger partial charge in [0.25, 0.3) is 0 Å². The SMILES string of the molecule is Cc1sc2ccccc2[n+]1CCC(=O)NC1CCCCC1. The van der Waals surface area contributed by atoms with Crippen molar-refractivity contribution in [1.29, 1.82) is 0 Å². The number of thiazole rings is 1. The zero-order valence-corrected chi connectivity index (χ0v) is 13.4. The van der Waals surface area contributed by atoms with Crippen molar-refractivity contribution < 1.29 is 9.36 Å². The molecule has 4 heteroatoms. The Morgan fingerprint density at radius 3 is 2.86 bits per heavy atom. The van der Waals surface area contributed by atoms with E-state index in [0.717, 1.165) is 19.4 Å². The van der Waals surface area contributed by atoms with E-state index < -0.39 is 0 Å². The first kappa shape index (κ1) is 14.5. The van der Waals surface area contributed by atoms with E-state index in [4.69, 9.17) is 0 Å². The number of aromatic nitrogens is 1. The second-order valence-corrected chi connectivity index (χ2v) is 7.13. The van der Waals surface area contributed by atoms with Crippen molar-refractivity contribution in [2.24, 2.45) is 0 Å². The van der Waals surface area contributed by atoms with Crippen LogP contribution in [0.15, 0.2) is 24.3 Å². The summed E-state index contributed by atoms with van der Waals surface area (Å²) >= 11 is 1.80. The summed E-state index contributed by atoms with van der Waals surface area (Å²) in [5.41, 5.74) is 1.24. The number of benzene rings is 1. The van der Waals surface area contributed by atoms with Crippen molar-refractivity contribution in [3.8, 4) is 0 Å². The van der Waals surface area contributed by atoms with Gasteiger partial charge < -0.3 is 5.32 Å². The number of amides is 1. The number of rotatable bonds is 4. The molecule has 1 aromatic carbocycles. The standard InChI is InChI=1S/C17H22N2OS/c1-13-19(15-9-5-6-10-16(15)21-13)12-11-17(20)18-14-7-3-2-4-8-14/h5-6,9-10,14H,2-4,7-8,11-12H2,1H3/p+1. The van der Waals surface area contributed by atoms with Gasteiger partial charge in [0.05, 0.1) is 6.42 Å². The number of carbonyl (C=O) groups excluding carboxylic acids is 1. The third kappa shape index (κ3) is 3.43. The van der Waals surface area contributed by atoms with E-state index in [9.17, 15) is 4.79 Å². The third-order valence-electron chi connectivity index (χ3n) is 4.33. The average Bonchev–Trinajstić information content (AvgIpc) is 2.81. The molecule has 1 N–H and O–H groups in total. The lowest BCUT2D eigenvalue weighted by Gasteiger charge is -2.22. The molecule has 1 aromatic heterocycles. The van der Waals surface area contributed by atoms with Crippen molar-refractivity contribution in [1.82, 2.24) is 5.32 Å². The van der Waals surface area contributed by atoms with Gasteiger partial charge in [0.2, 0.25) is 16.4 Å². The highest BCUT2D eigenvalue weighted by molar-refractivity contribution is 7.18. The second-order valence-electron chi connectivity index (χ2n) is 5.89. The number of para-hydroxylation sites is 1. The number of hydrogen-bond donors (Lipinski definition) is 1. The van der Waals surface area contributed by atoms with Crippen LogP contribution >= 0.6 is 11.3 Å². The van der Waals surface area contributed by atoms with Crippen molar-refractivity contribution in [2.45, 2.75) is 58.0 Å². The number of hydrogen-bond acceptors (Lipinski definition) is 2. The lowest BCUT2D eigenvalue weighted by Crippen LogP contribution is -2.41. The molecule has 3 rings (SSSR count).